The number of anilines is 1. The average molecular weight is 481 g/mol. The second-order valence-electron chi connectivity index (χ2n) is 8.88. The Hall–Kier alpha value is -4.72. The number of fused-ring (bicyclic) bond motifs is 5. The molecule has 36 heavy (non-hydrogen) atoms. The molecule has 0 amide bonds. The van der Waals surface area contributed by atoms with Crippen molar-refractivity contribution in [1.29, 1.82) is 0 Å². The molecule has 0 spiro atoms. The highest BCUT2D eigenvalue weighted by atomic mass is 16.5. The van der Waals surface area contributed by atoms with Crippen LogP contribution >= 0.6 is 0 Å². The van der Waals surface area contributed by atoms with Crippen LogP contribution in [0, 0.1) is 0 Å². The summed E-state index contributed by atoms with van der Waals surface area (Å²) in [5.74, 6) is 0.655. The van der Waals surface area contributed by atoms with E-state index in [0.717, 1.165) is 21.5 Å². The van der Waals surface area contributed by atoms with E-state index in [1.54, 1.807) is 32.4 Å². The number of rotatable bonds is 3. The first-order valence-electron chi connectivity index (χ1n) is 11.5. The number of nitrogens with zero attached hydrogens (tertiary/aromatic N) is 3. The number of aryl methyl sites for hydroxylation is 1. The molecule has 0 bridgehead atoms. The molecule has 1 atom stereocenters. The first kappa shape index (κ1) is 21.8. The quantitative estimate of drug-likeness (QED) is 0.409. The molecule has 0 aliphatic carbocycles. The van der Waals surface area contributed by atoms with Crippen LogP contribution in [0.4, 0.5) is 5.69 Å². The number of hydrogen-bond acceptors (Lipinski definition) is 5. The van der Waals surface area contributed by atoms with Crippen LogP contribution in [0.15, 0.2) is 82.4 Å². The Labute approximate surface area is 206 Å². The van der Waals surface area contributed by atoms with Gasteiger partial charge in [0.2, 0.25) is 0 Å². The Morgan fingerprint density at radius 2 is 1.64 bits per heavy atom. The SMILES string of the molecule is COc1ccc(O)c([C@H]2Nc3ccccc3-n3c(-c4ccccc4)c4c(=O)n(C)c(=O)n(C)c4c32)c1. The van der Waals surface area contributed by atoms with E-state index < -0.39 is 11.7 Å². The highest BCUT2D eigenvalue weighted by Crippen LogP contribution is 2.47. The van der Waals surface area contributed by atoms with Crippen LogP contribution in [0.25, 0.3) is 27.8 Å². The van der Waals surface area contributed by atoms with Crippen molar-refractivity contribution in [3.8, 4) is 28.4 Å². The van der Waals surface area contributed by atoms with Gasteiger partial charge in [0.05, 0.1) is 46.8 Å². The van der Waals surface area contributed by atoms with E-state index in [1.165, 1.54) is 11.6 Å². The molecule has 0 saturated heterocycles. The number of ether oxygens (including phenoxy) is 1. The summed E-state index contributed by atoms with van der Waals surface area (Å²) in [6.07, 6.45) is 0. The van der Waals surface area contributed by atoms with E-state index in [1.807, 2.05) is 59.2 Å². The molecular weight excluding hydrogens is 456 g/mol. The van der Waals surface area contributed by atoms with Gasteiger partial charge in [0.25, 0.3) is 5.56 Å². The maximum Gasteiger partial charge on any atom is 0.331 e. The minimum Gasteiger partial charge on any atom is -0.508 e. The zero-order valence-electron chi connectivity index (χ0n) is 20.0. The molecule has 0 unspecified atom stereocenters. The third-order valence-electron chi connectivity index (χ3n) is 6.92. The predicted molar refractivity (Wildman–Crippen MR) is 139 cm³/mol. The molecule has 0 radical (unpaired) electrons. The number of aromatic hydroxyl groups is 1. The fourth-order valence-electron chi connectivity index (χ4n) is 5.21. The van der Waals surface area contributed by atoms with Crippen LogP contribution in [0.5, 0.6) is 11.5 Å². The normalized spacial score (nSPS) is 14.2. The van der Waals surface area contributed by atoms with Gasteiger partial charge in [-0.1, -0.05) is 42.5 Å². The summed E-state index contributed by atoms with van der Waals surface area (Å²) < 4.78 is 10.1. The molecule has 8 nitrogen and oxygen atoms in total. The molecular formula is C28H24N4O4. The lowest BCUT2D eigenvalue weighted by molar-refractivity contribution is 0.410. The summed E-state index contributed by atoms with van der Waals surface area (Å²) in [5, 5.41) is 14.9. The Bertz CT molecular complexity index is 1780. The Kier molecular flexibility index (Phi) is 4.79. The van der Waals surface area contributed by atoms with Crippen molar-refractivity contribution in [2.24, 2.45) is 14.1 Å². The summed E-state index contributed by atoms with van der Waals surface area (Å²) in [7, 11) is 4.73. The van der Waals surface area contributed by atoms with Crippen molar-refractivity contribution in [2.45, 2.75) is 6.04 Å². The number of hydrogen-bond donors (Lipinski definition) is 2. The molecule has 2 aromatic heterocycles. The Morgan fingerprint density at radius 1 is 0.917 bits per heavy atom. The molecule has 0 saturated carbocycles. The molecule has 0 fully saturated rings. The van der Waals surface area contributed by atoms with Gasteiger partial charge in [-0.3, -0.25) is 13.9 Å². The third kappa shape index (κ3) is 2.94. The number of aromatic nitrogens is 3. The van der Waals surface area contributed by atoms with Crippen LogP contribution in [0.3, 0.4) is 0 Å². The van der Waals surface area contributed by atoms with Crippen molar-refractivity contribution >= 4 is 16.6 Å². The maximum atomic E-state index is 13.7. The fraction of sp³-hybridized carbons (Fsp3) is 0.143. The van der Waals surface area contributed by atoms with Crippen molar-refractivity contribution in [1.82, 2.24) is 13.7 Å². The number of phenolic OH excluding ortho intramolecular Hbond substituents is 1. The summed E-state index contributed by atoms with van der Waals surface area (Å²) in [4.78, 5) is 26.8. The van der Waals surface area contributed by atoms with E-state index >= 15 is 0 Å². The minimum absolute atomic E-state index is 0.0728. The number of nitrogens with one attached hydrogen (secondary N) is 1. The van der Waals surface area contributed by atoms with Gasteiger partial charge < -0.3 is 19.7 Å². The molecule has 5 aromatic rings. The molecule has 1 aliphatic rings. The Balaban J connectivity index is 1.86. The summed E-state index contributed by atoms with van der Waals surface area (Å²) >= 11 is 0. The molecule has 3 aromatic carbocycles. The zero-order chi connectivity index (χ0) is 25.1. The van der Waals surface area contributed by atoms with Gasteiger partial charge >= 0.3 is 5.69 Å². The van der Waals surface area contributed by atoms with Gasteiger partial charge in [-0.25, -0.2) is 4.79 Å². The average Bonchev–Trinajstić information content (AvgIpc) is 3.28. The van der Waals surface area contributed by atoms with Crippen molar-refractivity contribution in [3.05, 3.63) is 105 Å². The first-order chi connectivity index (χ1) is 17.4. The fourth-order valence-corrected chi connectivity index (χ4v) is 5.21. The molecule has 180 valence electrons. The summed E-state index contributed by atoms with van der Waals surface area (Å²) in [6.45, 7) is 0. The van der Waals surface area contributed by atoms with E-state index in [9.17, 15) is 14.7 Å². The van der Waals surface area contributed by atoms with Gasteiger partial charge in [0.1, 0.15) is 11.5 Å². The number of methoxy groups -OCH3 is 1. The standard InChI is InChI=1S/C28H24N4O4/c1-30-25-22(27(34)31(2)28(30)35)24(16-9-5-4-6-10-16)32-20-12-8-7-11-19(20)29-23(26(25)32)18-15-17(36-3)13-14-21(18)33/h4-15,23,29,33H,1-3H3/t23-/m1/s1. The molecule has 1 aliphatic heterocycles. The number of para-hydroxylation sites is 2. The van der Waals surface area contributed by atoms with Gasteiger partial charge in [-0.15, -0.1) is 0 Å². The smallest absolute Gasteiger partial charge is 0.331 e. The number of benzene rings is 3. The lowest BCUT2D eigenvalue weighted by atomic mass is 9.98. The maximum absolute atomic E-state index is 13.7. The first-order valence-corrected chi connectivity index (χ1v) is 11.5. The van der Waals surface area contributed by atoms with Crippen molar-refractivity contribution in [2.75, 3.05) is 12.4 Å². The molecule has 2 N–H and O–H groups in total. The van der Waals surface area contributed by atoms with Gasteiger partial charge in [0, 0.05) is 19.7 Å². The largest absolute Gasteiger partial charge is 0.508 e. The second-order valence-corrected chi connectivity index (χ2v) is 8.88. The lowest BCUT2D eigenvalue weighted by Gasteiger charge is -2.31. The van der Waals surface area contributed by atoms with Crippen molar-refractivity contribution < 1.29 is 9.84 Å². The lowest BCUT2D eigenvalue weighted by Crippen LogP contribution is -2.37. The second kappa shape index (κ2) is 7.91. The Morgan fingerprint density at radius 3 is 2.39 bits per heavy atom. The molecule has 8 heteroatoms. The van der Waals surface area contributed by atoms with Crippen molar-refractivity contribution in [3.63, 3.8) is 0 Å². The number of phenols is 1. The van der Waals surface area contributed by atoms with Crippen LogP contribution in [-0.2, 0) is 14.1 Å². The van der Waals surface area contributed by atoms with E-state index in [-0.39, 0.29) is 11.3 Å². The van der Waals surface area contributed by atoms with Crippen LogP contribution < -0.4 is 21.3 Å². The van der Waals surface area contributed by atoms with Gasteiger partial charge in [0.15, 0.2) is 0 Å². The highest BCUT2D eigenvalue weighted by Gasteiger charge is 2.35. The highest BCUT2D eigenvalue weighted by molar-refractivity contribution is 5.99. The topological polar surface area (TPSA) is 90.4 Å². The monoisotopic (exact) mass is 480 g/mol. The molecule has 3 heterocycles. The summed E-state index contributed by atoms with van der Waals surface area (Å²) in [6, 6.07) is 21.9. The van der Waals surface area contributed by atoms with Gasteiger partial charge in [-0.05, 0) is 35.9 Å². The zero-order valence-corrected chi connectivity index (χ0v) is 20.0. The summed E-state index contributed by atoms with van der Waals surface area (Å²) in [5.41, 5.74) is 4.17. The minimum atomic E-state index is -0.576. The van der Waals surface area contributed by atoms with E-state index in [4.69, 9.17) is 4.74 Å². The van der Waals surface area contributed by atoms with E-state index in [0.29, 0.717) is 33.6 Å². The van der Waals surface area contributed by atoms with Crippen LogP contribution in [0.1, 0.15) is 17.3 Å². The van der Waals surface area contributed by atoms with Crippen LogP contribution in [0.2, 0.25) is 0 Å². The van der Waals surface area contributed by atoms with Crippen LogP contribution in [-0.4, -0.2) is 25.9 Å². The predicted octanol–water partition coefficient (Wildman–Crippen LogP) is 3.92. The van der Waals surface area contributed by atoms with Gasteiger partial charge in [-0.2, -0.15) is 0 Å². The molecule has 6 rings (SSSR count). The third-order valence-corrected chi connectivity index (χ3v) is 6.92. The van der Waals surface area contributed by atoms with E-state index in [2.05, 4.69) is 5.32 Å².